The molecular formula is C57H72N10O10. The number of imidazole rings is 1. The van der Waals surface area contributed by atoms with Crippen molar-refractivity contribution in [3.05, 3.63) is 135 Å². The van der Waals surface area contributed by atoms with E-state index < -0.39 is 0 Å². The van der Waals surface area contributed by atoms with E-state index in [0.717, 1.165) is 72.0 Å². The van der Waals surface area contributed by atoms with Gasteiger partial charge in [0, 0.05) is 87.0 Å². The lowest BCUT2D eigenvalue weighted by molar-refractivity contribution is -0.00422. The van der Waals surface area contributed by atoms with E-state index in [9.17, 15) is 19.2 Å². The molecule has 2 aromatic carbocycles. The second kappa shape index (κ2) is 27.7. The second-order valence-electron chi connectivity index (χ2n) is 19.4. The van der Waals surface area contributed by atoms with Gasteiger partial charge in [0.25, 0.3) is 23.3 Å². The van der Waals surface area contributed by atoms with E-state index >= 15 is 0 Å². The van der Waals surface area contributed by atoms with Crippen LogP contribution in [0.4, 0.5) is 11.4 Å². The monoisotopic (exact) mass is 1060 g/mol. The number of carbonyl (C=O) groups is 3. The van der Waals surface area contributed by atoms with Gasteiger partial charge in [-0.05, 0) is 106 Å². The first-order chi connectivity index (χ1) is 37.4. The number of fused-ring (bicyclic) bond motifs is 2. The average Bonchev–Trinajstić information content (AvgIpc) is 3.83. The van der Waals surface area contributed by atoms with Gasteiger partial charge in [0.1, 0.15) is 23.8 Å². The van der Waals surface area contributed by atoms with E-state index in [4.69, 9.17) is 33.4 Å². The summed E-state index contributed by atoms with van der Waals surface area (Å²) in [7, 11) is 0. The van der Waals surface area contributed by atoms with Crippen LogP contribution in [0.5, 0.6) is 11.5 Å². The molecule has 0 saturated carbocycles. The van der Waals surface area contributed by atoms with Crippen molar-refractivity contribution in [2.45, 2.75) is 72.7 Å². The molecule has 3 amide bonds. The standard InChI is InChI=1S/C57H72N10O10/c1-6-42-34-49-50(63-54(42)68)32-41(35-59-49)37-64-19-21-65(22-20-64)45-12-15-48(60-36-45)55(69)58-17-23-72-24-25-73-26-27-74-28-29-75-30-31-76-47-9-7-8-43(33-47)57(71)66-18-16-52-51(38-66)62-53(67(52)39(2)3)56(70)61-44-10-13-46(14-11-44)77-40(4)5/h7-15,32-36,39-40H,6,16-31,37-38H2,1-5H3,(H,58,69)(H,61,70)(H,63,68). The molecule has 0 aliphatic carbocycles. The molecule has 20 heteroatoms. The van der Waals surface area contributed by atoms with E-state index in [1.165, 1.54) is 0 Å². The van der Waals surface area contributed by atoms with Crippen LogP contribution in [-0.4, -0.2) is 157 Å². The lowest BCUT2D eigenvalue weighted by atomic mass is 10.1. The third-order valence-electron chi connectivity index (χ3n) is 13.1. The zero-order valence-corrected chi connectivity index (χ0v) is 44.9. The highest BCUT2D eigenvalue weighted by Gasteiger charge is 2.31. The van der Waals surface area contributed by atoms with Crippen molar-refractivity contribution in [1.29, 1.82) is 0 Å². The summed E-state index contributed by atoms with van der Waals surface area (Å²) < 4.78 is 36.1. The van der Waals surface area contributed by atoms with Gasteiger partial charge < -0.3 is 58.4 Å². The van der Waals surface area contributed by atoms with Crippen LogP contribution in [0.2, 0.25) is 0 Å². The van der Waals surface area contributed by atoms with Crippen LogP contribution < -0.4 is 30.6 Å². The Kier molecular flexibility index (Phi) is 20.1. The number of rotatable bonds is 27. The van der Waals surface area contributed by atoms with E-state index in [1.807, 2.05) is 81.8 Å². The number of benzene rings is 2. The van der Waals surface area contributed by atoms with Gasteiger partial charge in [0.05, 0.1) is 94.1 Å². The Morgan fingerprint density at radius 1 is 0.740 bits per heavy atom. The van der Waals surface area contributed by atoms with Crippen molar-refractivity contribution in [2.24, 2.45) is 0 Å². The maximum atomic E-state index is 13.7. The summed E-state index contributed by atoms with van der Waals surface area (Å²) in [4.78, 5) is 75.3. The van der Waals surface area contributed by atoms with Crippen molar-refractivity contribution >= 4 is 40.1 Å². The third-order valence-corrected chi connectivity index (χ3v) is 13.1. The van der Waals surface area contributed by atoms with Gasteiger partial charge in [-0.25, -0.2) is 9.97 Å². The summed E-state index contributed by atoms with van der Waals surface area (Å²) in [6.45, 7) is 18.6. The highest BCUT2D eigenvalue weighted by atomic mass is 16.6. The van der Waals surface area contributed by atoms with Gasteiger partial charge in [-0.1, -0.05) is 13.0 Å². The number of hydrogen-bond acceptors (Lipinski definition) is 15. The van der Waals surface area contributed by atoms with Gasteiger partial charge in [0.15, 0.2) is 5.82 Å². The molecule has 410 valence electrons. The van der Waals surface area contributed by atoms with Crippen molar-refractivity contribution in [1.82, 2.24) is 39.6 Å². The minimum Gasteiger partial charge on any atom is -0.491 e. The predicted molar refractivity (Wildman–Crippen MR) is 292 cm³/mol. The topological polar surface area (TPSA) is 217 Å². The number of aromatic amines is 1. The summed E-state index contributed by atoms with van der Waals surface area (Å²) in [6.07, 6.45) is 4.92. The third kappa shape index (κ3) is 15.7. The molecule has 0 spiro atoms. The average molecular weight is 1060 g/mol. The predicted octanol–water partition coefficient (Wildman–Crippen LogP) is 6.09. The quantitative estimate of drug-likeness (QED) is 0.0498. The summed E-state index contributed by atoms with van der Waals surface area (Å²) in [5.41, 5.74) is 7.44. The molecule has 20 nitrogen and oxygen atoms in total. The van der Waals surface area contributed by atoms with E-state index in [-0.39, 0.29) is 35.4 Å². The molecule has 0 atom stereocenters. The number of anilines is 2. The fourth-order valence-electron chi connectivity index (χ4n) is 9.23. The molecule has 0 unspecified atom stereocenters. The normalized spacial score (nSPS) is 13.8. The first-order valence-electron chi connectivity index (χ1n) is 26.7. The molecule has 2 aliphatic rings. The number of carbonyl (C=O) groups excluding carboxylic acids is 3. The van der Waals surface area contributed by atoms with E-state index in [1.54, 1.807) is 47.5 Å². The van der Waals surface area contributed by atoms with Crippen LogP contribution in [0.25, 0.3) is 11.0 Å². The number of aryl methyl sites for hydroxylation is 1. The Balaban J connectivity index is 0.629. The number of H-pyrrole nitrogens is 1. The zero-order valence-electron chi connectivity index (χ0n) is 44.9. The van der Waals surface area contributed by atoms with Gasteiger partial charge in [-0.15, -0.1) is 0 Å². The SMILES string of the molecule is CCc1cc2ncc(CN3CCN(c4ccc(C(=O)NCCOCCOCCOCCOCCOc5cccc(C(=O)N6CCc7c(nc(C(=O)Nc8ccc(OC(C)C)cc8)n7C(C)C)C6)c5)nc4)CC3)cc2[nH]c1=O. The molecule has 8 rings (SSSR count). The Hall–Kier alpha value is -7.23. The number of pyridine rings is 3. The number of aromatic nitrogens is 5. The minimum atomic E-state index is -0.313. The lowest BCUT2D eigenvalue weighted by Crippen LogP contribution is -2.46. The summed E-state index contributed by atoms with van der Waals surface area (Å²) in [6, 6.07) is 21.9. The van der Waals surface area contributed by atoms with Crippen molar-refractivity contribution in [2.75, 3.05) is 109 Å². The van der Waals surface area contributed by atoms with Crippen LogP contribution in [0.15, 0.2) is 90.0 Å². The first kappa shape index (κ1) is 56.0. The molecule has 0 radical (unpaired) electrons. The summed E-state index contributed by atoms with van der Waals surface area (Å²) in [5, 5.41) is 5.82. The van der Waals surface area contributed by atoms with Crippen molar-refractivity contribution in [3.63, 3.8) is 0 Å². The summed E-state index contributed by atoms with van der Waals surface area (Å²) in [5.74, 6) is 0.896. The lowest BCUT2D eigenvalue weighted by Gasteiger charge is -2.36. The molecule has 1 fully saturated rings. The Bertz CT molecular complexity index is 2950. The van der Waals surface area contributed by atoms with Crippen molar-refractivity contribution < 1.29 is 42.8 Å². The molecule has 1 saturated heterocycles. The van der Waals surface area contributed by atoms with Gasteiger partial charge in [-0.2, -0.15) is 0 Å². The van der Waals surface area contributed by atoms with Crippen LogP contribution in [0.3, 0.4) is 0 Å². The largest absolute Gasteiger partial charge is 0.491 e. The Morgan fingerprint density at radius 3 is 2.13 bits per heavy atom. The van der Waals surface area contributed by atoms with Crippen LogP contribution >= 0.6 is 0 Å². The molecule has 6 heterocycles. The van der Waals surface area contributed by atoms with E-state index in [0.29, 0.717) is 126 Å². The first-order valence-corrected chi connectivity index (χ1v) is 26.7. The number of piperazine rings is 1. The minimum absolute atomic E-state index is 0.00301. The number of ether oxygens (including phenoxy) is 6. The molecule has 6 aromatic rings. The van der Waals surface area contributed by atoms with Gasteiger partial charge >= 0.3 is 0 Å². The van der Waals surface area contributed by atoms with Gasteiger partial charge in [0.2, 0.25) is 0 Å². The molecule has 2 aliphatic heterocycles. The van der Waals surface area contributed by atoms with Crippen LogP contribution in [-0.2, 0) is 44.9 Å². The molecule has 4 aromatic heterocycles. The Labute approximate surface area is 449 Å². The molecule has 77 heavy (non-hydrogen) atoms. The van der Waals surface area contributed by atoms with E-state index in [2.05, 4.69) is 35.4 Å². The van der Waals surface area contributed by atoms with Gasteiger partial charge in [-0.3, -0.25) is 29.1 Å². The van der Waals surface area contributed by atoms with Crippen LogP contribution in [0.1, 0.15) is 94.6 Å². The number of amides is 3. The molecule has 3 N–H and O–H groups in total. The highest BCUT2D eigenvalue weighted by Crippen LogP contribution is 2.27. The highest BCUT2D eigenvalue weighted by molar-refractivity contribution is 6.02. The summed E-state index contributed by atoms with van der Waals surface area (Å²) >= 11 is 0. The maximum Gasteiger partial charge on any atom is 0.291 e. The fourth-order valence-corrected chi connectivity index (χ4v) is 9.23. The Morgan fingerprint density at radius 2 is 1.45 bits per heavy atom. The number of hydrogen-bond donors (Lipinski definition) is 3. The smallest absolute Gasteiger partial charge is 0.291 e. The fraction of sp³-hybridized carbons (Fsp3) is 0.456. The zero-order chi connectivity index (χ0) is 54.1. The maximum absolute atomic E-state index is 13.7. The molecular weight excluding hydrogens is 985 g/mol. The molecule has 0 bridgehead atoms. The van der Waals surface area contributed by atoms with Crippen LogP contribution in [0, 0.1) is 0 Å². The van der Waals surface area contributed by atoms with Crippen molar-refractivity contribution in [3.8, 4) is 11.5 Å². The second-order valence-corrected chi connectivity index (χ2v) is 19.4. The number of nitrogens with one attached hydrogen (secondary N) is 3. The number of nitrogens with zero attached hydrogens (tertiary/aromatic N) is 7.